The van der Waals surface area contributed by atoms with Gasteiger partial charge in [0.1, 0.15) is 17.3 Å². The van der Waals surface area contributed by atoms with Crippen LogP contribution in [0.25, 0.3) is 16.9 Å². The van der Waals surface area contributed by atoms with E-state index in [1.807, 2.05) is 0 Å². The van der Waals surface area contributed by atoms with Crippen molar-refractivity contribution < 1.29 is 39.6 Å². The number of nitrogens with one attached hydrogen (secondary N) is 1. The number of methoxy groups -OCH3 is 3. The molecule has 234 valence electrons. The number of fused-ring (bicyclic) bond motifs is 1. The Labute approximate surface area is 252 Å². The number of halogens is 3. The van der Waals surface area contributed by atoms with Crippen LogP contribution in [0.2, 0.25) is 0 Å². The lowest BCUT2D eigenvalue weighted by Gasteiger charge is -2.35. The Morgan fingerprint density at radius 1 is 0.932 bits per heavy atom. The van der Waals surface area contributed by atoms with Crippen molar-refractivity contribution in [2.75, 3.05) is 59.4 Å². The molecule has 2 aromatic heterocycles. The molecular weight excluding hydrogens is 605 g/mol. The molecule has 3 heterocycles. The Morgan fingerprint density at radius 3 is 2.16 bits per heavy atom. The van der Waals surface area contributed by atoms with Crippen molar-refractivity contribution in [1.82, 2.24) is 24.2 Å². The minimum Gasteiger partial charge on any atom is -0.493 e. The van der Waals surface area contributed by atoms with Crippen LogP contribution in [0.1, 0.15) is 10.4 Å². The number of aromatic nitrogens is 3. The highest BCUT2D eigenvalue weighted by molar-refractivity contribution is 8.17. The first-order valence-corrected chi connectivity index (χ1v) is 14.5. The van der Waals surface area contributed by atoms with E-state index < -0.39 is 11.5 Å². The Balaban J connectivity index is 1.25. The summed E-state index contributed by atoms with van der Waals surface area (Å²) in [6, 6.07) is 8.54. The molecule has 1 aliphatic heterocycles. The number of carbonyl (C=O) groups is 2. The highest BCUT2D eigenvalue weighted by Crippen LogP contribution is 2.54. The third-order valence-electron chi connectivity index (χ3n) is 6.99. The summed E-state index contributed by atoms with van der Waals surface area (Å²) >= 11 is -5.66. The van der Waals surface area contributed by atoms with Gasteiger partial charge in [-0.2, -0.15) is 0 Å². The highest BCUT2D eigenvalue weighted by Gasteiger charge is 2.28. The summed E-state index contributed by atoms with van der Waals surface area (Å²) in [6.07, 6.45) is 4.75. The number of anilines is 1. The minimum absolute atomic E-state index is 0.0808. The van der Waals surface area contributed by atoms with E-state index >= 15 is 0 Å². The molecule has 1 saturated heterocycles. The summed E-state index contributed by atoms with van der Waals surface area (Å²) in [6.45, 7) is 1.21. The molecule has 1 aliphatic rings. The van der Waals surface area contributed by atoms with E-state index in [2.05, 4.69) is 19.5 Å². The van der Waals surface area contributed by atoms with Gasteiger partial charge < -0.3 is 33.5 Å². The van der Waals surface area contributed by atoms with Crippen LogP contribution in [-0.2, 0) is 4.79 Å². The fourth-order valence-electron chi connectivity index (χ4n) is 4.87. The molecule has 5 rings (SSSR count). The standard InChI is InChI=1S/C28H29F3N6O6S/c1-40-21-14-19(15-22(41-2)26(21)42-3)28(39)36-12-10-35(11-13-36)24(38)17-33-27-25(34-23-16-32-8-9-37(23)27)18-4-6-20(7-5-18)43-44(29,30)31/h4-9,14-16,33H,10-13,17H2,1-3H3. The maximum absolute atomic E-state index is 13.3. The van der Waals surface area contributed by atoms with Gasteiger partial charge in [0.2, 0.25) is 11.7 Å². The molecule has 44 heavy (non-hydrogen) atoms. The maximum atomic E-state index is 13.3. The number of hydrogen-bond acceptors (Lipinski definition) is 9. The van der Waals surface area contributed by atoms with Gasteiger partial charge in [-0.1, -0.05) is 11.7 Å². The molecular formula is C28H29F3N6O6S. The number of ether oxygens (including phenoxy) is 3. The minimum atomic E-state index is -5.66. The van der Waals surface area contributed by atoms with Gasteiger partial charge >= 0.3 is 11.5 Å². The molecule has 0 aliphatic carbocycles. The van der Waals surface area contributed by atoms with E-state index in [1.54, 1.807) is 38.7 Å². The van der Waals surface area contributed by atoms with Gasteiger partial charge in [-0.3, -0.25) is 19.0 Å². The van der Waals surface area contributed by atoms with Crippen molar-refractivity contribution in [2.45, 2.75) is 0 Å². The number of piperazine rings is 1. The Hall–Kier alpha value is -4.86. The lowest BCUT2D eigenvalue weighted by Crippen LogP contribution is -2.51. The fraction of sp³-hybridized carbons (Fsp3) is 0.286. The summed E-state index contributed by atoms with van der Waals surface area (Å²) in [7, 11) is 4.43. The quantitative estimate of drug-likeness (QED) is 0.268. The maximum Gasteiger partial charge on any atom is 0.391 e. The average Bonchev–Trinajstić information content (AvgIpc) is 3.40. The van der Waals surface area contributed by atoms with Crippen LogP contribution in [0.3, 0.4) is 0 Å². The zero-order valence-corrected chi connectivity index (χ0v) is 24.8. The monoisotopic (exact) mass is 634 g/mol. The third kappa shape index (κ3) is 6.54. The molecule has 0 atom stereocenters. The first-order chi connectivity index (χ1) is 21.1. The molecule has 4 aromatic rings. The first-order valence-electron chi connectivity index (χ1n) is 13.3. The van der Waals surface area contributed by atoms with E-state index in [1.165, 1.54) is 51.8 Å². The van der Waals surface area contributed by atoms with Gasteiger partial charge in [0, 0.05) is 49.7 Å². The number of nitrogens with zero attached hydrogens (tertiary/aromatic N) is 5. The topological polar surface area (TPSA) is 120 Å². The van der Waals surface area contributed by atoms with Crippen molar-refractivity contribution in [3.05, 3.63) is 60.6 Å². The number of amides is 2. The molecule has 1 N–H and O–H groups in total. The van der Waals surface area contributed by atoms with Crippen LogP contribution in [0.15, 0.2) is 55.0 Å². The van der Waals surface area contributed by atoms with E-state index in [0.717, 1.165) is 0 Å². The summed E-state index contributed by atoms with van der Waals surface area (Å²) in [5, 5.41) is 3.13. The molecule has 1 fully saturated rings. The molecule has 0 spiro atoms. The highest BCUT2D eigenvalue weighted by atomic mass is 32.4. The SMILES string of the molecule is COc1cc(C(=O)N2CCN(C(=O)CNc3c(-c4ccc(OS(F)(F)F)cc4)nc4cnccn34)CC2)cc(OC)c1OC. The Kier molecular flexibility index (Phi) is 8.89. The second-order valence-electron chi connectivity index (χ2n) is 9.53. The average molecular weight is 635 g/mol. The van der Waals surface area contributed by atoms with Gasteiger partial charge in [-0.25, -0.2) is 4.98 Å². The zero-order chi connectivity index (χ0) is 31.4. The fourth-order valence-corrected chi connectivity index (χ4v) is 5.20. The van der Waals surface area contributed by atoms with Crippen LogP contribution in [0.4, 0.5) is 17.5 Å². The van der Waals surface area contributed by atoms with Crippen LogP contribution < -0.4 is 23.7 Å². The van der Waals surface area contributed by atoms with E-state index in [0.29, 0.717) is 71.7 Å². The summed E-state index contributed by atoms with van der Waals surface area (Å²) in [4.78, 5) is 38.4. The number of benzene rings is 2. The van der Waals surface area contributed by atoms with Gasteiger partial charge in [0.15, 0.2) is 17.1 Å². The van der Waals surface area contributed by atoms with Gasteiger partial charge in [0.25, 0.3) is 5.91 Å². The molecule has 0 saturated carbocycles. The summed E-state index contributed by atoms with van der Waals surface area (Å²) in [5.74, 6) is 0.834. The zero-order valence-electron chi connectivity index (χ0n) is 24.0. The predicted molar refractivity (Wildman–Crippen MR) is 157 cm³/mol. The second kappa shape index (κ2) is 12.8. The normalized spacial score (nSPS) is 13.9. The Morgan fingerprint density at radius 2 is 1.57 bits per heavy atom. The van der Waals surface area contributed by atoms with Crippen molar-refractivity contribution in [2.24, 2.45) is 0 Å². The van der Waals surface area contributed by atoms with E-state index in [9.17, 15) is 21.2 Å². The van der Waals surface area contributed by atoms with Gasteiger partial charge in [-0.05, 0) is 36.4 Å². The molecule has 0 radical (unpaired) electrons. The molecule has 2 amide bonds. The molecule has 2 aromatic carbocycles. The molecule has 16 heteroatoms. The van der Waals surface area contributed by atoms with Crippen LogP contribution in [-0.4, -0.2) is 90.0 Å². The van der Waals surface area contributed by atoms with Gasteiger partial charge in [0.05, 0.1) is 34.1 Å². The van der Waals surface area contributed by atoms with Crippen molar-refractivity contribution in [1.29, 1.82) is 0 Å². The van der Waals surface area contributed by atoms with Gasteiger partial charge in [-0.15, -0.1) is 0 Å². The van der Waals surface area contributed by atoms with Crippen molar-refractivity contribution in [3.8, 4) is 34.3 Å². The van der Waals surface area contributed by atoms with Crippen molar-refractivity contribution >= 4 is 34.7 Å². The van der Waals surface area contributed by atoms with E-state index in [-0.39, 0.29) is 24.1 Å². The Bertz CT molecular complexity index is 1630. The number of hydrogen-bond donors (Lipinski definition) is 1. The lowest BCUT2D eigenvalue weighted by atomic mass is 10.1. The lowest BCUT2D eigenvalue weighted by molar-refractivity contribution is -0.130. The first kappa shape index (κ1) is 30.6. The molecule has 12 nitrogen and oxygen atoms in total. The smallest absolute Gasteiger partial charge is 0.391 e. The number of rotatable bonds is 10. The predicted octanol–water partition coefficient (Wildman–Crippen LogP) is 4.57. The summed E-state index contributed by atoms with van der Waals surface area (Å²) in [5.41, 5.74) is 1.80. The van der Waals surface area contributed by atoms with Crippen LogP contribution >= 0.6 is 11.5 Å². The number of imidazole rings is 1. The molecule has 0 unspecified atom stereocenters. The van der Waals surface area contributed by atoms with Crippen LogP contribution in [0.5, 0.6) is 23.0 Å². The summed E-state index contributed by atoms with van der Waals surface area (Å²) < 4.78 is 59.8. The third-order valence-corrected chi connectivity index (χ3v) is 7.37. The van der Waals surface area contributed by atoms with E-state index in [4.69, 9.17) is 14.2 Å². The molecule has 0 bridgehead atoms. The second-order valence-corrected chi connectivity index (χ2v) is 10.4. The van der Waals surface area contributed by atoms with Crippen molar-refractivity contribution in [3.63, 3.8) is 0 Å². The largest absolute Gasteiger partial charge is 0.493 e. The number of carbonyl (C=O) groups excluding carboxylic acids is 2. The van der Waals surface area contributed by atoms with Crippen LogP contribution in [0, 0.1) is 0 Å².